The Balaban J connectivity index is 0.000000248. The van der Waals surface area contributed by atoms with Crippen molar-refractivity contribution in [3.05, 3.63) is 145 Å². The highest BCUT2D eigenvalue weighted by Gasteiger charge is 2.49. The molecule has 1 heterocycles. The standard InChI is InChI=1S/C28H27NSi.C11H14O/c1-28(2,3)29-24-18-10-12-20-26(24)30(22-14-6-4-7-15-22,23-16-8-5-9-17-23)27-21-13-11-19-25(27)29;1-11(2,3)10(12)9-7-5-4-6-8-9/h4-21H,1-3H3;4-8H,1-3H3. The van der Waals surface area contributed by atoms with Crippen LogP contribution in [0.5, 0.6) is 0 Å². The Labute approximate surface area is 252 Å². The molecule has 0 bridgehead atoms. The average Bonchev–Trinajstić information content (AvgIpc) is 3.00. The lowest BCUT2D eigenvalue weighted by molar-refractivity contribution is 0.0858. The molecular weight excluding hydrogens is 527 g/mol. The number of carbonyl (C=O) groups excluding carboxylic acids is 1. The number of anilines is 2. The van der Waals surface area contributed by atoms with Gasteiger partial charge < -0.3 is 4.90 Å². The van der Waals surface area contributed by atoms with Gasteiger partial charge in [0, 0.05) is 27.9 Å². The summed E-state index contributed by atoms with van der Waals surface area (Å²) in [6.07, 6.45) is 0. The minimum atomic E-state index is -2.44. The van der Waals surface area contributed by atoms with E-state index >= 15 is 0 Å². The third-order valence-corrected chi connectivity index (χ3v) is 12.8. The molecule has 0 aliphatic carbocycles. The molecule has 0 unspecified atom stereocenters. The van der Waals surface area contributed by atoms with E-state index in [1.54, 1.807) is 0 Å². The number of benzene rings is 5. The zero-order chi connectivity index (χ0) is 30.0. The highest BCUT2D eigenvalue weighted by atomic mass is 28.3. The molecule has 0 atom stereocenters. The molecule has 42 heavy (non-hydrogen) atoms. The Morgan fingerprint density at radius 1 is 0.500 bits per heavy atom. The van der Waals surface area contributed by atoms with E-state index in [4.69, 9.17) is 0 Å². The molecule has 1 aliphatic heterocycles. The van der Waals surface area contributed by atoms with E-state index in [9.17, 15) is 4.79 Å². The smallest absolute Gasteiger partial charge is 0.183 e. The fourth-order valence-corrected chi connectivity index (χ4v) is 11.3. The summed E-state index contributed by atoms with van der Waals surface area (Å²) in [5.41, 5.74) is 3.16. The van der Waals surface area contributed by atoms with Gasteiger partial charge in [0.1, 0.15) is 0 Å². The van der Waals surface area contributed by atoms with Crippen LogP contribution in [0, 0.1) is 5.41 Å². The topological polar surface area (TPSA) is 20.3 Å². The van der Waals surface area contributed by atoms with Crippen LogP contribution in [0.15, 0.2) is 140 Å². The lowest BCUT2D eigenvalue weighted by atomic mass is 9.87. The van der Waals surface area contributed by atoms with Crippen LogP contribution in [-0.2, 0) is 0 Å². The molecule has 0 amide bonds. The summed E-state index contributed by atoms with van der Waals surface area (Å²) in [6, 6.07) is 49.9. The molecule has 0 saturated carbocycles. The number of hydrogen-bond donors (Lipinski definition) is 0. The molecule has 212 valence electrons. The largest absolute Gasteiger partial charge is 0.336 e. The summed E-state index contributed by atoms with van der Waals surface area (Å²) in [4.78, 5) is 14.2. The molecular formula is C39H41NOSi. The lowest BCUT2D eigenvalue weighted by Crippen LogP contribution is -2.78. The van der Waals surface area contributed by atoms with Gasteiger partial charge in [-0.3, -0.25) is 4.79 Å². The van der Waals surface area contributed by atoms with Gasteiger partial charge in [-0.25, -0.2) is 0 Å². The molecule has 2 nitrogen and oxygen atoms in total. The molecule has 5 aromatic rings. The SMILES string of the molecule is CC(C)(C)C(=O)c1ccccc1.CC(C)(C)N1c2ccccc2[Si](c2ccccc2)(c2ccccc2)c2ccccc21. The van der Waals surface area contributed by atoms with Crippen molar-refractivity contribution in [3.8, 4) is 0 Å². The van der Waals surface area contributed by atoms with Crippen LogP contribution in [0.2, 0.25) is 0 Å². The number of nitrogens with zero attached hydrogens (tertiary/aromatic N) is 1. The third kappa shape index (κ3) is 5.37. The molecule has 0 spiro atoms. The monoisotopic (exact) mass is 567 g/mol. The van der Waals surface area contributed by atoms with Crippen molar-refractivity contribution in [1.29, 1.82) is 0 Å². The Kier molecular flexibility index (Phi) is 8.07. The predicted octanol–water partition coefficient (Wildman–Crippen LogP) is 7.23. The summed E-state index contributed by atoms with van der Waals surface area (Å²) in [6.45, 7) is 12.7. The first-order valence-corrected chi connectivity index (χ1v) is 16.8. The molecule has 0 saturated heterocycles. The molecule has 0 fully saturated rings. The zero-order valence-electron chi connectivity index (χ0n) is 25.6. The Morgan fingerprint density at radius 3 is 1.24 bits per heavy atom. The van der Waals surface area contributed by atoms with Crippen molar-refractivity contribution in [2.45, 2.75) is 47.1 Å². The Bertz CT molecular complexity index is 1560. The minimum Gasteiger partial charge on any atom is -0.336 e. The van der Waals surface area contributed by atoms with Crippen LogP contribution in [0.1, 0.15) is 51.9 Å². The summed E-state index contributed by atoms with van der Waals surface area (Å²) in [5.74, 6) is 0.197. The summed E-state index contributed by atoms with van der Waals surface area (Å²) >= 11 is 0. The minimum absolute atomic E-state index is 0.0276. The van der Waals surface area contributed by atoms with Crippen molar-refractivity contribution >= 4 is 46.0 Å². The van der Waals surface area contributed by atoms with Crippen molar-refractivity contribution < 1.29 is 4.79 Å². The van der Waals surface area contributed by atoms with Crippen LogP contribution < -0.4 is 25.6 Å². The van der Waals surface area contributed by atoms with Crippen molar-refractivity contribution in [2.24, 2.45) is 5.41 Å². The van der Waals surface area contributed by atoms with Gasteiger partial charge in [0.15, 0.2) is 13.9 Å². The predicted molar refractivity (Wildman–Crippen MR) is 182 cm³/mol. The maximum atomic E-state index is 11.7. The molecule has 0 aromatic heterocycles. The van der Waals surface area contributed by atoms with Gasteiger partial charge in [-0.2, -0.15) is 0 Å². The molecule has 6 rings (SSSR count). The van der Waals surface area contributed by atoms with Crippen LogP contribution in [0.3, 0.4) is 0 Å². The van der Waals surface area contributed by atoms with E-state index in [0.29, 0.717) is 0 Å². The van der Waals surface area contributed by atoms with Crippen LogP contribution in [0.25, 0.3) is 0 Å². The second-order valence-electron chi connectivity index (χ2n) is 13.0. The number of hydrogen-bond acceptors (Lipinski definition) is 2. The van der Waals surface area contributed by atoms with Gasteiger partial charge in [-0.05, 0) is 53.7 Å². The lowest BCUT2D eigenvalue weighted by Gasteiger charge is -2.49. The second-order valence-corrected chi connectivity index (χ2v) is 16.7. The number of ketones is 1. The van der Waals surface area contributed by atoms with Gasteiger partial charge in [-0.15, -0.1) is 0 Å². The van der Waals surface area contributed by atoms with E-state index in [1.807, 2.05) is 51.1 Å². The van der Waals surface area contributed by atoms with Crippen LogP contribution in [-0.4, -0.2) is 19.4 Å². The van der Waals surface area contributed by atoms with Gasteiger partial charge >= 0.3 is 0 Å². The maximum Gasteiger partial charge on any atom is 0.183 e. The fourth-order valence-electron chi connectivity index (χ4n) is 6.16. The van der Waals surface area contributed by atoms with E-state index in [-0.39, 0.29) is 16.7 Å². The van der Waals surface area contributed by atoms with Crippen molar-refractivity contribution in [2.75, 3.05) is 4.90 Å². The molecule has 0 N–H and O–H groups in total. The van der Waals surface area contributed by atoms with E-state index in [0.717, 1.165) is 5.56 Å². The maximum absolute atomic E-state index is 11.7. The quantitative estimate of drug-likeness (QED) is 0.169. The summed E-state index contributed by atoms with van der Waals surface area (Å²) in [7, 11) is -2.44. The van der Waals surface area contributed by atoms with Gasteiger partial charge in [0.25, 0.3) is 0 Å². The van der Waals surface area contributed by atoms with Gasteiger partial charge in [-0.1, -0.05) is 148 Å². The van der Waals surface area contributed by atoms with E-state index in [2.05, 4.69) is 135 Å². The normalized spacial score (nSPS) is 13.7. The van der Waals surface area contributed by atoms with Crippen LogP contribution in [0.4, 0.5) is 11.4 Å². The number of fused-ring (bicyclic) bond motifs is 2. The first-order chi connectivity index (χ1) is 20.1. The summed E-state index contributed by atoms with van der Waals surface area (Å²) < 4.78 is 0. The van der Waals surface area contributed by atoms with Crippen molar-refractivity contribution in [1.82, 2.24) is 0 Å². The highest BCUT2D eigenvalue weighted by Crippen LogP contribution is 2.37. The first kappa shape index (κ1) is 29.3. The van der Waals surface area contributed by atoms with Gasteiger partial charge in [0.05, 0.1) is 0 Å². The average molecular weight is 568 g/mol. The first-order valence-electron chi connectivity index (χ1n) is 14.8. The molecule has 1 aliphatic rings. The fraction of sp³-hybridized carbons (Fsp3) is 0.205. The zero-order valence-corrected chi connectivity index (χ0v) is 26.6. The van der Waals surface area contributed by atoms with Crippen LogP contribution >= 0.6 is 0 Å². The number of Topliss-reactive ketones (excluding diaryl/α,β-unsaturated/α-hetero) is 1. The molecule has 3 heteroatoms. The number of para-hydroxylation sites is 2. The Hall–Kier alpha value is -4.21. The number of rotatable bonds is 3. The van der Waals surface area contributed by atoms with Crippen molar-refractivity contribution in [3.63, 3.8) is 0 Å². The Morgan fingerprint density at radius 2 is 0.857 bits per heavy atom. The van der Waals surface area contributed by atoms with E-state index < -0.39 is 8.07 Å². The number of carbonyl (C=O) groups is 1. The van der Waals surface area contributed by atoms with Gasteiger partial charge in [0.2, 0.25) is 0 Å². The van der Waals surface area contributed by atoms with E-state index in [1.165, 1.54) is 32.1 Å². The highest BCUT2D eigenvalue weighted by molar-refractivity contribution is 7.21. The third-order valence-electron chi connectivity index (χ3n) is 7.90. The molecule has 5 aromatic carbocycles. The molecule has 0 radical (unpaired) electrons. The summed E-state index contributed by atoms with van der Waals surface area (Å²) in [5, 5.41) is 5.81. The second kappa shape index (κ2) is 11.6.